The van der Waals surface area contributed by atoms with E-state index in [1.807, 2.05) is 6.92 Å². The lowest BCUT2D eigenvalue weighted by Crippen LogP contribution is -2.48. The SMILES string of the molecule is CCN(C1CCCNC1)S(=O)(=O)c1sccc1Br. The molecule has 0 radical (unpaired) electrons. The molecule has 4 nitrogen and oxygen atoms in total. The van der Waals surface area contributed by atoms with Crippen LogP contribution in [0, 0.1) is 0 Å². The van der Waals surface area contributed by atoms with Crippen LogP contribution in [0.1, 0.15) is 19.8 Å². The zero-order valence-corrected chi connectivity index (χ0v) is 13.4. The van der Waals surface area contributed by atoms with Crippen LogP contribution < -0.4 is 5.32 Å². The number of likely N-dealkylation sites (N-methyl/N-ethyl adjacent to an activating group) is 1. The molecule has 1 aliphatic rings. The Bertz CT molecular complexity index is 495. The first-order chi connectivity index (χ1) is 8.57. The Morgan fingerprint density at radius 2 is 2.39 bits per heavy atom. The van der Waals surface area contributed by atoms with Crippen LogP contribution in [0.15, 0.2) is 20.1 Å². The molecule has 1 unspecified atom stereocenters. The third-order valence-electron chi connectivity index (χ3n) is 3.12. The number of sulfonamides is 1. The highest BCUT2D eigenvalue weighted by Crippen LogP contribution is 2.31. The zero-order valence-electron chi connectivity index (χ0n) is 10.2. The normalized spacial score (nSPS) is 21.4. The number of nitrogens with one attached hydrogen (secondary N) is 1. The van der Waals surface area contributed by atoms with E-state index in [1.54, 1.807) is 15.8 Å². The van der Waals surface area contributed by atoms with Gasteiger partial charge in [0.1, 0.15) is 4.21 Å². The van der Waals surface area contributed by atoms with Crippen molar-refractivity contribution in [3.8, 4) is 0 Å². The van der Waals surface area contributed by atoms with Gasteiger partial charge in [0.25, 0.3) is 10.0 Å². The molecule has 0 saturated carbocycles. The maximum Gasteiger partial charge on any atom is 0.253 e. The fourth-order valence-corrected chi connectivity index (χ4v) is 6.36. The molecule has 1 aliphatic heterocycles. The molecular weight excluding hydrogens is 336 g/mol. The average Bonchev–Trinajstić information content (AvgIpc) is 2.78. The lowest BCUT2D eigenvalue weighted by atomic mass is 10.1. The fourth-order valence-electron chi connectivity index (χ4n) is 2.27. The Morgan fingerprint density at radius 3 is 2.89 bits per heavy atom. The highest BCUT2D eigenvalue weighted by atomic mass is 79.9. The van der Waals surface area contributed by atoms with Crippen LogP contribution in [0.5, 0.6) is 0 Å². The molecule has 0 aliphatic carbocycles. The fraction of sp³-hybridized carbons (Fsp3) is 0.636. The van der Waals surface area contributed by atoms with Crippen molar-refractivity contribution >= 4 is 37.3 Å². The van der Waals surface area contributed by atoms with E-state index in [0.29, 0.717) is 15.2 Å². The molecule has 1 fully saturated rings. The summed E-state index contributed by atoms with van der Waals surface area (Å²) < 4.78 is 27.9. The molecule has 0 spiro atoms. The van der Waals surface area contributed by atoms with E-state index in [1.165, 1.54) is 11.3 Å². The van der Waals surface area contributed by atoms with Crippen molar-refractivity contribution in [2.45, 2.75) is 30.0 Å². The standard InChI is InChI=1S/C11H17BrN2O2S2/c1-2-14(9-4-3-6-13-8-9)18(15,16)11-10(12)5-7-17-11/h5,7,9,13H,2-4,6,8H2,1H3. The van der Waals surface area contributed by atoms with E-state index < -0.39 is 10.0 Å². The molecule has 0 amide bonds. The van der Waals surface area contributed by atoms with E-state index in [0.717, 1.165) is 25.9 Å². The van der Waals surface area contributed by atoms with Crippen molar-refractivity contribution in [1.82, 2.24) is 9.62 Å². The van der Waals surface area contributed by atoms with Gasteiger partial charge < -0.3 is 5.32 Å². The van der Waals surface area contributed by atoms with Crippen molar-refractivity contribution in [3.63, 3.8) is 0 Å². The Labute approximate surface area is 121 Å². The predicted octanol–water partition coefficient (Wildman–Crippen LogP) is 2.27. The number of hydrogen-bond donors (Lipinski definition) is 1. The molecule has 18 heavy (non-hydrogen) atoms. The minimum atomic E-state index is -3.37. The van der Waals surface area contributed by atoms with Crippen LogP contribution in [0.3, 0.4) is 0 Å². The van der Waals surface area contributed by atoms with Gasteiger partial charge in [0.05, 0.1) is 0 Å². The zero-order chi connectivity index (χ0) is 13.2. The molecule has 2 rings (SSSR count). The maximum absolute atomic E-state index is 12.6. The van der Waals surface area contributed by atoms with Gasteiger partial charge in [0.15, 0.2) is 0 Å². The number of thiophene rings is 1. The molecule has 0 aromatic carbocycles. The summed E-state index contributed by atoms with van der Waals surface area (Å²) in [5.41, 5.74) is 0. The largest absolute Gasteiger partial charge is 0.315 e. The summed E-state index contributed by atoms with van der Waals surface area (Å²) in [4.78, 5) is 0. The molecule has 1 aromatic rings. The van der Waals surface area contributed by atoms with Crippen molar-refractivity contribution in [1.29, 1.82) is 0 Å². The monoisotopic (exact) mass is 352 g/mol. The molecule has 0 bridgehead atoms. The second-order valence-electron chi connectivity index (χ2n) is 4.26. The van der Waals surface area contributed by atoms with Gasteiger partial charge in [-0.25, -0.2) is 8.42 Å². The average molecular weight is 353 g/mol. The van der Waals surface area contributed by atoms with Gasteiger partial charge in [-0.05, 0) is 46.8 Å². The minimum absolute atomic E-state index is 0.0720. The Balaban J connectivity index is 2.29. The quantitative estimate of drug-likeness (QED) is 0.904. The van der Waals surface area contributed by atoms with Gasteiger partial charge >= 0.3 is 0 Å². The highest BCUT2D eigenvalue weighted by molar-refractivity contribution is 9.10. The topological polar surface area (TPSA) is 49.4 Å². The number of nitrogens with zero attached hydrogens (tertiary/aromatic N) is 1. The molecule has 1 aromatic heterocycles. The van der Waals surface area contributed by atoms with Gasteiger partial charge in [0.2, 0.25) is 0 Å². The van der Waals surface area contributed by atoms with Gasteiger partial charge in [-0.2, -0.15) is 4.31 Å². The number of piperidine rings is 1. The summed E-state index contributed by atoms with van der Waals surface area (Å²) in [6.45, 7) is 4.14. The highest BCUT2D eigenvalue weighted by Gasteiger charge is 2.33. The predicted molar refractivity (Wildman–Crippen MR) is 77.5 cm³/mol. The summed E-state index contributed by atoms with van der Waals surface area (Å²) in [5, 5.41) is 5.06. The van der Waals surface area contributed by atoms with Crippen molar-refractivity contribution in [2.24, 2.45) is 0 Å². The lowest BCUT2D eigenvalue weighted by molar-refractivity contribution is 0.275. The molecule has 7 heteroatoms. The van der Waals surface area contributed by atoms with Gasteiger partial charge in [-0.3, -0.25) is 0 Å². The third-order valence-corrected chi connectivity index (χ3v) is 7.79. The summed E-state index contributed by atoms with van der Waals surface area (Å²) >= 11 is 4.58. The second-order valence-corrected chi connectivity index (χ2v) is 8.12. The van der Waals surface area contributed by atoms with Gasteiger partial charge in [0, 0.05) is 23.6 Å². The van der Waals surface area contributed by atoms with Crippen LogP contribution in [-0.4, -0.2) is 38.4 Å². The molecular formula is C11H17BrN2O2S2. The summed E-state index contributed by atoms with van der Waals surface area (Å²) in [7, 11) is -3.37. The number of hydrogen-bond acceptors (Lipinski definition) is 4. The van der Waals surface area contributed by atoms with E-state index in [2.05, 4.69) is 21.2 Å². The second kappa shape index (κ2) is 6.00. The smallest absolute Gasteiger partial charge is 0.253 e. The first kappa shape index (κ1) is 14.5. The van der Waals surface area contributed by atoms with Gasteiger partial charge in [-0.1, -0.05) is 6.92 Å². The van der Waals surface area contributed by atoms with E-state index in [4.69, 9.17) is 0 Å². The third kappa shape index (κ3) is 2.80. The maximum atomic E-state index is 12.6. The first-order valence-electron chi connectivity index (χ1n) is 6.03. The molecule has 1 saturated heterocycles. The lowest BCUT2D eigenvalue weighted by Gasteiger charge is -2.32. The van der Waals surface area contributed by atoms with Crippen LogP contribution in [0.4, 0.5) is 0 Å². The van der Waals surface area contributed by atoms with Crippen LogP contribution in [-0.2, 0) is 10.0 Å². The Kier molecular flexibility index (Phi) is 4.82. The Hall–Kier alpha value is 0.0500. The van der Waals surface area contributed by atoms with Gasteiger partial charge in [-0.15, -0.1) is 11.3 Å². The molecule has 1 atom stereocenters. The van der Waals surface area contributed by atoms with E-state index in [-0.39, 0.29) is 6.04 Å². The Morgan fingerprint density at radius 1 is 1.61 bits per heavy atom. The number of rotatable bonds is 4. The van der Waals surface area contributed by atoms with E-state index in [9.17, 15) is 8.42 Å². The summed E-state index contributed by atoms with van der Waals surface area (Å²) in [6.07, 6.45) is 1.96. The van der Waals surface area contributed by atoms with Crippen molar-refractivity contribution in [2.75, 3.05) is 19.6 Å². The molecule has 102 valence electrons. The summed E-state index contributed by atoms with van der Waals surface area (Å²) in [5.74, 6) is 0. The summed E-state index contributed by atoms with van der Waals surface area (Å²) in [6, 6.07) is 1.85. The van der Waals surface area contributed by atoms with E-state index >= 15 is 0 Å². The minimum Gasteiger partial charge on any atom is -0.315 e. The van der Waals surface area contributed by atoms with Crippen LogP contribution in [0.25, 0.3) is 0 Å². The van der Waals surface area contributed by atoms with Crippen molar-refractivity contribution < 1.29 is 8.42 Å². The van der Waals surface area contributed by atoms with Crippen LogP contribution in [0.2, 0.25) is 0 Å². The van der Waals surface area contributed by atoms with Crippen LogP contribution >= 0.6 is 27.3 Å². The molecule has 1 N–H and O–H groups in total. The number of halogens is 1. The first-order valence-corrected chi connectivity index (χ1v) is 9.14. The van der Waals surface area contributed by atoms with Crippen molar-refractivity contribution in [3.05, 3.63) is 15.9 Å². The molecule has 2 heterocycles.